The van der Waals surface area contributed by atoms with Crippen molar-refractivity contribution >= 4 is 5.91 Å². The van der Waals surface area contributed by atoms with E-state index in [0.29, 0.717) is 25.5 Å². The van der Waals surface area contributed by atoms with Crippen LogP contribution in [0.25, 0.3) is 0 Å². The molecule has 0 bridgehead atoms. The van der Waals surface area contributed by atoms with Crippen LogP contribution in [0.2, 0.25) is 0 Å². The Morgan fingerprint density at radius 2 is 2.18 bits per heavy atom. The smallest absolute Gasteiger partial charge is 0.237 e. The zero-order chi connectivity index (χ0) is 13.1. The maximum Gasteiger partial charge on any atom is 0.237 e. The number of hydrogen-bond donors (Lipinski definition) is 1. The lowest BCUT2D eigenvalue weighted by Gasteiger charge is -2.10. The number of hydrogen-bond acceptors (Lipinski definition) is 3. The van der Waals surface area contributed by atoms with Gasteiger partial charge in [0.1, 0.15) is 5.92 Å². The molecular formula is C13H24N2O2. The molecule has 1 amide bonds. The summed E-state index contributed by atoms with van der Waals surface area (Å²) in [5.74, 6) is -0.119. The second kappa shape index (κ2) is 10.1. The van der Waals surface area contributed by atoms with Crippen LogP contribution in [0.1, 0.15) is 40.0 Å². The first-order valence-corrected chi connectivity index (χ1v) is 6.36. The van der Waals surface area contributed by atoms with E-state index in [1.807, 2.05) is 13.0 Å². The molecule has 0 aliphatic carbocycles. The molecule has 0 aliphatic heterocycles. The molecule has 0 spiro atoms. The fourth-order valence-corrected chi connectivity index (χ4v) is 1.37. The van der Waals surface area contributed by atoms with Gasteiger partial charge in [0.25, 0.3) is 0 Å². The Balaban J connectivity index is 3.54. The molecule has 0 aromatic rings. The molecule has 4 nitrogen and oxygen atoms in total. The van der Waals surface area contributed by atoms with Gasteiger partial charge in [-0.2, -0.15) is 5.26 Å². The number of carbonyl (C=O) groups excluding carboxylic acids is 1. The molecule has 0 saturated carbocycles. The molecule has 0 aromatic carbocycles. The number of amides is 1. The lowest BCUT2D eigenvalue weighted by molar-refractivity contribution is -0.123. The molecule has 0 aliphatic rings. The van der Waals surface area contributed by atoms with Crippen molar-refractivity contribution in [2.24, 2.45) is 11.8 Å². The second-order valence-electron chi connectivity index (χ2n) is 4.58. The fourth-order valence-electron chi connectivity index (χ4n) is 1.37. The van der Waals surface area contributed by atoms with E-state index in [-0.39, 0.29) is 5.91 Å². The first-order valence-electron chi connectivity index (χ1n) is 6.36. The Kier molecular flexibility index (Phi) is 9.46. The molecule has 0 rings (SSSR count). The first-order chi connectivity index (χ1) is 8.11. The van der Waals surface area contributed by atoms with Crippen LogP contribution in [-0.4, -0.2) is 25.7 Å². The average Bonchev–Trinajstić information content (AvgIpc) is 2.29. The van der Waals surface area contributed by atoms with E-state index in [0.717, 1.165) is 19.4 Å². The minimum atomic E-state index is -0.503. The molecular weight excluding hydrogens is 216 g/mol. The molecule has 0 saturated heterocycles. The van der Waals surface area contributed by atoms with Crippen molar-refractivity contribution in [2.75, 3.05) is 19.8 Å². The van der Waals surface area contributed by atoms with E-state index in [2.05, 4.69) is 19.2 Å². The average molecular weight is 240 g/mol. The van der Waals surface area contributed by atoms with Gasteiger partial charge in [-0.3, -0.25) is 4.79 Å². The highest BCUT2D eigenvalue weighted by Gasteiger charge is 2.15. The van der Waals surface area contributed by atoms with Gasteiger partial charge in [0.05, 0.1) is 6.07 Å². The lowest BCUT2D eigenvalue weighted by atomic mass is 10.1. The summed E-state index contributed by atoms with van der Waals surface area (Å²) < 4.78 is 5.39. The lowest BCUT2D eigenvalue weighted by Crippen LogP contribution is -2.31. The van der Waals surface area contributed by atoms with Crippen molar-refractivity contribution in [3.8, 4) is 6.07 Å². The molecule has 17 heavy (non-hydrogen) atoms. The summed E-state index contributed by atoms with van der Waals surface area (Å²) in [6.07, 6.45) is 2.28. The third-order valence-corrected chi connectivity index (χ3v) is 2.27. The van der Waals surface area contributed by atoms with Crippen molar-refractivity contribution in [1.82, 2.24) is 5.32 Å². The molecule has 1 N–H and O–H groups in total. The van der Waals surface area contributed by atoms with Crippen LogP contribution in [0.5, 0.6) is 0 Å². The van der Waals surface area contributed by atoms with E-state index < -0.39 is 5.92 Å². The fraction of sp³-hybridized carbons (Fsp3) is 0.846. The molecule has 1 atom stereocenters. The largest absolute Gasteiger partial charge is 0.381 e. The molecule has 4 heteroatoms. The van der Waals surface area contributed by atoms with Gasteiger partial charge in [-0.1, -0.05) is 27.2 Å². The number of carbonyl (C=O) groups is 1. The summed E-state index contributed by atoms with van der Waals surface area (Å²) in [5.41, 5.74) is 0. The van der Waals surface area contributed by atoms with Crippen LogP contribution in [0.15, 0.2) is 0 Å². The summed E-state index contributed by atoms with van der Waals surface area (Å²) in [6.45, 7) is 8.17. The van der Waals surface area contributed by atoms with Gasteiger partial charge in [0, 0.05) is 19.8 Å². The Bertz CT molecular complexity index is 246. The summed E-state index contributed by atoms with van der Waals surface area (Å²) in [4.78, 5) is 11.5. The van der Waals surface area contributed by atoms with Gasteiger partial charge < -0.3 is 10.1 Å². The number of ether oxygens (including phenoxy) is 1. The predicted octanol–water partition coefficient (Wildman–Crippen LogP) is 2.11. The molecule has 0 radical (unpaired) electrons. The Hall–Kier alpha value is -1.08. The third kappa shape index (κ3) is 8.70. The van der Waals surface area contributed by atoms with Crippen molar-refractivity contribution < 1.29 is 9.53 Å². The van der Waals surface area contributed by atoms with Gasteiger partial charge in [-0.25, -0.2) is 0 Å². The number of nitrogens with one attached hydrogen (secondary N) is 1. The monoisotopic (exact) mass is 240 g/mol. The van der Waals surface area contributed by atoms with Crippen LogP contribution in [0, 0.1) is 23.2 Å². The van der Waals surface area contributed by atoms with Crippen LogP contribution in [-0.2, 0) is 9.53 Å². The van der Waals surface area contributed by atoms with Crippen molar-refractivity contribution in [3.63, 3.8) is 0 Å². The minimum absolute atomic E-state index is 0.154. The maximum atomic E-state index is 11.5. The number of nitriles is 1. The quantitative estimate of drug-likeness (QED) is 0.628. The normalized spacial score (nSPS) is 12.2. The summed E-state index contributed by atoms with van der Waals surface area (Å²) >= 11 is 0. The first kappa shape index (κ1) is 15.9. The molecule has 0 heterocycles. The number of nitrogens with zero attached hydrogens (tertiary/aromatic N) is 1. The van der Waals surface area contributed by atoms with Gasteiger partial charge >= 0.3 is 0 Å². The van der Waals surface area contributed by atoms with Crippen molar-refractivity contribution in [1.29, 1.82) is 5.26 Å². The molecule has 0 aromatic heterocycles. The molecule has 98 valence electrons. The zero-order valence-corrected chi connectivity index (χ0v) is 11.2. The van der Waals surface area contributed by atoms with E-state index >= 15 is 0 Å². The number of rotatable bonds is 9. The standard InChI is InChI=1S/C13H24N2O2/c1-4-6-12(9-14)13(16)15-7-5-8-17-10-11(2)3/h11-12H,4-8,10H2,1-3H3,(H,15,16). The second-order valence-corrected chi connectivity index (χ2v) is 4.58. The van der Waals surface area contributed by atoms with E-state index in [1.165, 1.54) is 0 Å². The Morgan fingerprint density at radius 1 is 1.47 bits per heavy atom. The highest BCUT2D eigenvalue weighted by molar-refractivity contribution is 5.80. The molecule has 1 unspecified atom stereocenters. The minimum Gasteiger partial charge on any atom is -0.381 e. The van der Waals surface area contributed by atoms with Gasteiger partial charge in [0.15, 0.2) is 0 Å². The summed E-state index contributed by atoms with van der Waals surface area (Å²) in [7, 11) is 0. The maximum absolute atomic E-state index is 11.5. The third-order valence-electron chi connectivity index (χ3n) is 2.27. The highest BCUT2D eigenvalue weighted by atomic mass is 16.5. The summed E-state index contributed by atoms with van der Waals surface area (Å²) in [5, 5.41) is 11.6. The van der Waals surface area contributed by atoms with Crippen molar-refractivity contribution in [3.05, 3.63) is 0 Å². The van der Waals surface area contributed by atoms with E-state index in [4.69, 9.17) is 10.00 Å². The van der Waals surface area contributed by atoms with E-state index in [1.54, 1.807) is 0 Å². The van der Waals surface area contributed by atoms with Crippen LogP contribution in [0.3, 0.4) is 0 Å². The summed E-state index contributed by atoms with van der Waals surface area (Å²) in [6, 6.07) is 2.03. The van der Waals surface area contributed by atoms with Gasteiger partial charge in [0.2, 0.25) is 5.91 Å². The Labute approximate surface area is 104 Å². The van der Waals surface area contributed by atoms with Crippen LogP contribution >= 0.6 is 0 Å². The van der Waals surface area contributed by atoms with E-state index in [9.17, 15) is 4.79 Å². The molecule has 0 fully saturated rings. The van der Waals surface area contributed by atoms with Crippen molar-refractivity contribution in [2.45, 2.75) is 40.0 Å². The predicted molar refractivity (Wildman–Crippen MR) is 67.3 cm³/mol. The highest BCUT2D eigenvalue weighted by Crippen LogP contribution is 2.04. The van der Waals surface area contributed by atoms with Gasteiger partial charge in [-0.05, 0) is 18.8 Å². The SMILES string of the molecule is CCCC(C#N)C(=O)NCCCOCC(C)C. The van der Waals surface area contributed by atoms with Gasteiger partial charge in [-0.15, -0.1) is 0 Å². The Morgan fingerprint density at radius 3 is 2.71 bits per heavy atom. The van der Waals surface area contributed by atoms with Crippen LogP contribution in [0.4, 0.5) is 0 Å². The zero-order valence-electron chi connectivity index (χ0n) is 11.2. The topological polar surface area (TPSA) is 62.1 Å². The van der Waals surface area contributed by atoms with Crippen LogP contribution < -0.4 is 5.32 Å².